The van der Waals surface area contributed by atoms with Gasteiger partial charge in [0.1, 0.15) is 5.00 Å². The molecule has 0 atom stereocenters. The van der Waals surface area contributed by atoms with E-state index in [1.165, 1.54) is 45.8 Å². The average Bonchev–Trinajstić information content (AvgIpc) is 3.24. The zero-order valence-electron chi connectivity index (χ0n) is 19.1. The first-order chi connectivity index (χ1) is 16.4. The van der Waals surface area contributed by atoms with Crippen LogP contribution in [0, 0.1) is 0 Å². The van der Waals surface area contributed by atoms with Gasteiger partial charge < -0.3 is 29.6 Å². The molecule has 0 fully saturated rings. The Kier molecular flexibility index (Phi) is 8.44. The number of carbonyl (C=O) groups excluding carboxylic acids is 2. The van der Waals surface area contributed by atoms with Crippen molar-refractivity contribution >= 4 is 51.3 Å². The topological polar surface area (TPSA) is 95.1 Å². The molecule has 0 unspecified atom stereocenters. The minimum atomic E-state index is -0.581. The summed E-state index contributed by atoms with van der Waals surface area (Å²) in [4.78, 5) is 25.6. The van der Waals surface area contributed by atoms with E-state index in [4.69, 9.17) is 31.2 Å². The molecule has 2 aromatic carbocycles. The van der Waals surface area contributed by atoms with Crippen LogP contribution in [-0.4, -0.2) is 45.5 Å². The van der Waals surface area contributed by atoms with E-state index in [0.717, 1.165) is 10.4 Å². The number of ether oxygens (including phenoxy) is 4. The predicted octanol–water partition coefficient (Wildman–Crippen LogP) is 4.74. The number of nitrogens with one attached hydrogen (secondary N) is 2. The number of thiophene rings is 1. The van der Waals surface area contributed by atoms with E-state index in [1.807, 2.05) is 30.3 Å². The number of methoxy groups -OCH3 is 4. The van der Waals surface area contributed by atoms with Gasteiger partial charge in [-0.2, -0.15) is 0 Å². The summed E-state index contributed by atoms with van der Waals surface area (Å²) in [7, 11) is 5.56. The fraction of sp³-hybridized carbons (Fsp3) is 0.208. The molecule has 8 nitrogen and oxygen atoms in total. The Labute approximate surface area is 206 Å². The van der Waals surface area contributed by atoms with E-state index < -0.39 is 11.9 Å². The molecule has 0 aliphatic carbocycles. The van der Waals surface area contributed by atoms with Crippen molar-refractivity contribution in [2.24, 2.45) is 0 Å². The average molecular weight is 501 g/mol. The summed E-state index contributed by atoms with van der Waals surface area (Å²) in [5.74, 6) is -0.300. The summed E-state index contributed by atoms with van der Waals surface area (Å²) in [6, 6.07) is 14.8. The van der Waals surface area contributed by atoms with Crippen LogP contribution in [-0.2, 0) is 15.9 Å². The SMILES string of the molecule is COC(=O)c1cc(OC)c(OC)cc1NC(=S)Nc1sc(Cc2ccccc2)cc1C(=O)OC. The quantitative estimate of drug-likeness (QED) is 0.336. The second kappa shape index (κ2) is 11.5. The zero-order valence-corrected chi connectivity index (χ0v) is 20.7. The molecule has 0 aliphatic rings. The third kappa shape index (κ3) is 5.83. The standard InChI is InChI=1S/C24H24N2O6S2/c1-29-19-12-16(22(27)31-3)18(13-20(19)30-2)25-24(33)26-21-17(23(28)32-4)11-15(34-21)10-14-8-6-5-7-9-14/h5-9,11-13H,10H2,1-4H3,(H2,25,26,33). The second-order valence-corrected chi connectivity index (χ2v) is 8.48. The first-order valence-electron chi connectivity index (χ1n) is 10.1. The number of rotatable bonds is 8. The highest BCUT2D eigenvalue weighted by molar-refractivity contribution is 7.80. The lowest BCUT2D eigenvalue weighted by Gasteiger charge is -2.16. The van der Waals surface area contributed by atoms with Crippen LogP contribution in [0.5, 0.6) is 11.5 Å². The van der Waals surface area contributed by atoms with E-state index in [1.54, 1.807) is 12.1 Å². The van der Waals surface area contributed by atoms with Gasteiger partial charge in [0, 0.05) is 23.4 Å². The van der Waals surface area contributed by atoms with E-state index in [2.05, 4.69) is 10.6 Å². The predicted molar refractivity (Wildman–Crippen MR) is 136 cm³/mol. The number of hydrogen-bond acceptors (Lipinski definition) is 8. The number of hydrogen-bond donors (Lipinski definition) is 2. The van der Waals surface area contributed by atoms with Crippen molar-refractivity contribution < 1.29 is 28.5 Å². The second-order valence-electron chi connectivity index (χ2n) is 6.93. The van der Waals surface area contributed by atoms with Gasteiger partial charge in [-0.25, -0.2) is 9.59 Å². The van der Waals surface area contributed by atoms with E-state index in [-0.39, 0.29) is 10.7 Å². The number of thiocarbonyl (C=S) groups is 1. The normalized spacial score (nSPS) is 10.2. The molecule has 0 amide bonds. The summed E-state index contributed by atoms with van der Waals surface area (Å²) in [5, 5.41) is 6.71. The molecule has 1 heterocycles. The van der Waals surface area contributed by atoms with Crippen LogP contribution < -0.4 is 20.1 Å². The molecular formula is C24H24N2O6S2. The third-order valence-corrected chi connectivity index (χ3v) is 6.07. The van der Waals surface area contributed by atoms with Gasteiger partial charge in [0.2, 0.25) is 0 Å². The van der Waals surface area contributed by atoms with Gasteiger partial charge in [-0.1, -0.05) is 30.3 Å². The monoisotopic (exact) mass is 500 g/mol. The molecular weight excluding hydrogens is 476 g/mol. The Morgan fingerprint density at radius 3 is 2.09 bits per heavy atom. The summed E-state index contributed by atoms with van der Waals surface area (Å²) >= 11 is 6.86. The van der Waals surface area contributed by atoms with Gasteiger partial charge in [-0.05, 0) is 23.8 Å². The van der Waals surface area contributed by atoms with Crippen LogP contribution in [0.25, 0.3) is 0 Å². The molecule has 10 heteroatoms. The van der Waals surface area contributed by atoms with E-state index in [9.17, 15) is 9.59 Å². The van der Waals surface area contributed by atoms with Crippen molar-refractivity contribution in [3.8, 4) is 11.5 Å². The number of benzene rings is 2. The highest BCUT2D eigenvalue weighted by Gasteiger charge is 2.21. The lowest BCUT2D eigenvalue weighted by molar-refractivity contribution is 0.0593. The molecule has 2 N–H and O–H groups in total. The van der Waals surface area contributed by atoms with Crippen LogP contribution in [0.2, 0.25) is 0 Å². The summed E-state index contributed by atoms with van der Waals surface area (Å²) in [5.41, 5.74) is 2.03. The van der Waals surface area contributed by atoms with Crippen molar-refractivity contribution in [3.05, 3.63) is 70.1 Å². The van der Waals surface area contributed by atoms with Gasteiger partial charge in [0.25, 0.3) is 0 Å². The van der Waals surface area contributed by atoms with E-state index >= 15 is 0 Å². The molecule has 3 rings (SSSR count). The molecule has 3 aromatic rings. The molecule has 0 bridgehead atoms. The molecule has 178 valence electrons. The molecule has 0 radical (unpaired) electrons. The maximum Gasteiger partial charge on any atom is 0.340 e. The van der Waals surface area contributed by atoms with Crippen LogP contribution >= 0.6 is 23.6 Å². The number of carbonyl (C=O) groups is 2. The third-order valence-electron chi connectivity index (χ3n) is 4.81. The lowest BCUT2D eigenvalue weighted by atomic mass is 10.1. The maximum atomic E-state index is 12.4. The van der Waals surface area contributed by atoms with Crippen molar-refractivity contribution in [1.29, 1.82) is 0 Å². The lowest BCUT2D eigenvalue weighted by Crippen LogP contribution is -2.21. The molecule has 0 spiro atoms. The Hall–Kier alpha value is -3.63. The Morgan fingerprint density at radius 2 is 1.47 bits per heavy atom. The highest BCUT2D eigenvalue weighted by atomic mass is 32.1. The molecule has 1 aromatic heterocycles. The summed E-state index contributed by atoms with van der Waals surface area (Å²) in [6.45, 7) is 0. The fourth-order valence-electron chi connectivity index (χ4n) is 3.20. The van der Waals surface area contributed by atoms with Crippen LogP contribution in [0.15, 0.2) is 48.5 Å². The van der Waals surface area contributed by atoms with Crippen molar-refractivity contribution in [2.45, 2.75) is 6.42 Å². The largest absolute Gasteiger partial charge is 0.493 e. The molecule has 34 heavy (non-hydrogen) atoms. The molecule has 0 saturated carbocycles. The Bertz CT molecular complexity index is 1190. The Morgan fingerprint density at radius 1 is 0.853 bits per heavy atom. The van der Waals surface area contributed by atoms with Gasteiger partial charge in [-0.15, -0.1) is 11.3 Å². The first kappa shape index (κ1) is 25.0. The molecule has 0 saturated heterocycles. The Balaban J connectivity index is 1.88. The van der Waals surface area contributed by atoms with Crippen molar-refractivity contribution in [2.75, 3.05) is 39.1 Å². The van der Waals surface area contributed by atoms with Gasteiger partial charge in [0.15, 0.2) is 16.6 Å². The maximum absolute atomic E-state index is 12.4. The van der Waals surface area contributed by atoms with Crippen LogP contribution in [0.3, 0.4) is 0 Å². The van der Waals surface area contributed by atoms with E-state index in [0.29, 0.717) is 34.2 Å². The fourth-order valence-corrected chi connectivity index (χ4v) is 4.56. The van der Waals surface area contributed by atoms with Crippen LogP contribution in [0.4, 0.5) is 10.7 Å². The van der Waals surface area contributed by atoms with Crippen LogP contribution in [0.1, 0.15) is 31.2 Å². The summed E-state index contributed by atoms with van der Waals surface area (Å²) in [6.07, 6.45) is 0.652. The van der Waals surface area contributed by atoms with Crippen molar-refractivity contribution in [1.82, 2.24) is 0 Å². The number of esters is 2. The smallest absolute Gasteiger partial charge is 0.340 e. The highest BCUT2D eigenvalue weighted by Crippen LogP contribution is 2.35. The minimum absolute atomic E-state index is 0.163. The first-order valence-corrected chi connectivity index (χ1v) is 11.3. The van der Waals surface area contributed by atoms with Gasteiger partial charge >= 0.3 is 11.9 Å². The summed E-state index contributed by atoms with van der Waals surface area (Å²) < 4.78 is 20.4. The number of anilines is 2. The van der Waals surface area contributed by atoms with Gasteiger partial charge in [-0.3, -0.25) is 0 Å². The zero-order chi connectivity index (χ0) is 24.7. The molecule has 0 aliphatic heterocycles. The van der Waals surface area contributed by atoms with Crippen molar-refractivity contribution in [3.63, 3.8) is 0 Å². The van der Waals surface area contributed by atoms with Gasteiger partial charge in [0.05, 0.1) is 45.3 Å². The minimum Gasteiger partial charge on any atom is -0.493 e.